The number of aromatic nitrogens is 3. The molecule has 0 unspecified atom stereocenters. The number of thiophene rings is 1. The largest absolute Gasteiger partial charge is 0.487 e. The van der Waals surface area contributed by atoms with Gasteiger partial charge in [0.15, 0.2) is 0 Å². The number of hydrogen-bond donors (Lipinski definition) is 1. The molecule has 0 fully saturated rings. The minimum Gasteiger partial charge on any atom is -0.487 e. The number of carbonyl (C=O) groups excluding carboxylic acids is 1. The summed E-state index contributed by atoms with van der Waals surface area (Å²) in [6.07, 6.45) is 10.3. The van der Waals surface area contributed by atoms with Gasteiger partial charge in [-0.3, -0.25) is 9.78 Å². The molecule has 38 heavy (non-hydrogen) atoms. The number of nitrogens with zero attached hydrogens (tertiary/aromatic N) is 5. The SMILES string of the molecule is CN(C)CC/C=C/C(=O)N1CCc2c(sc3ncnc(Nc4ccc(OCc5cccnc5)c(Cl)c4)c23)C1. The molecule has 0 radical (unpaired) electrons. The highest BCUT2D eigenvalue weighted by atomic mass is 35.5. The molecule has 0 bridgehead atoms. The van der Waals surface area contributed by atoms with Gasteiger partial charge >= 0.3 is 0 Å². The average molecular weight is 549 g/mol. The summed E-state index contributed by atoms with van der Waals surface area (Å²) in [7, 11) is 4.05. The summed E-state index contributed by atoms with van der Waals surface area (Å²) in [4.78, 5) is 31.9. The highest BCUT2D eigenvalue weighted by Crippen LogP contribution is 2.38. The number of anilines is 2. The third-order valence-corrected chi connectivity index (χ3v) is 7.68. The standard InChI is InChI=1S/C28H29ClN6O2S/c1-34(2)12-4-3-7-25(36)35-13-10-21-24(16-35)38-28-26(21)27(31-18-32-28)33-20-8-9-23(22(29)14-20)37-17-19-6-5-11-30-15-19/h3,5-9,11,14-15,18H,4,10,12-13,16-17H2,1-2H3,(H,31,32,33)/b7-3+. The maximum absolute atomic E-state index is 12.7. The number of ether oxygens (including phenoxy) is 1. The van der Waals surface area contributed by atoms with Gasteiger partial charge in [0, 0.05) is 41.6 Å². The first-order valence-electron chi connectivity index (χ1n) is 12.4. The van der Waals surface area contributed by atoms with Crippen molar-refractivity contribution >= 4 is 50.6 Å². The lowest BCUT2D eigenvalue weighted by atomic mass is 10.0. The van der Waals surface area contributed by atoms with Gasteiger partial charge in [-0.05, 0) is 62.8 Å². The molecular weight excluding hydrogens is 520 g/mol. The Bertz CT molecular complexity index is 1460. The molecule has 3 aromatic heterocycles. The van der Waals surface area contributed by atoms with E-state index in [2.05, 4.69) is 25.2 Å². The zero-order chi connectivity index (χ0) is 26.5. The fourth-order valence-electron chi connectivity index (χ4n) is 4.31. The number of rotatable bonds is 9. The van der Waals surface area contributed by atoms with Crippen molar-refractivity contribution in [3.63, 3.8) is 0 Å². The predicted molar refractivity (Wildman–Crippen MR) is 152 cm³/mol. The van der Waals surface area contributed by atoms with Gasteiger partial charge in [-0.1, -0.05) is 23.7 Å². The van der Waals surface area contributed by atoms with E-state index in [1.54, 1.807) is 36.1 Å². The van der Waals surface area contributed by atoms with Crippen LogP contribution < -0.4 is 10.1 Å². The van der Waals surface area contributed by atoms with Gasteiger partial charge in [-0.25, -0.2) is 9.97 Å². The Morgan fingerprint density at radius 2 is 2.18 bits per heavy atom. The summed E-state index contributed by atoms with van der Waals surface area (Å²) >= 11 is 8.15. The van der Waals surface area contributed by atoms with Gasteiger partial charge < -0.3 is 19.9 Å². The summed E-state index contributed by atoms with van der Waals surface area (Å²) < 4.78 is 5.87. The number of amides is 1. The van der Waals surface area contributed by atoms with Crippen LogP contribution in [-0.4, -0.2) is 57.8 Å². The van der Waals surface area contributed by atoms with E-state index >= 15 is 0 Å². The lowest BCUT2D eigenvalue weighted by molar-refractivity contribution is -0.126. The first-order chi connectivity index (χ1) is 18.5. The van der Waals surface area contributed by atoms with Crippen LogP contribution in [0.25, 0.3) is 10.2 Å². The molecule has 196 valence electrons. The Balaban J connectivity index is 1.29. The molecule has 0 saturated heterocycles. The van der Waals surface area contributed by atoms with E-state index < -0.39 is 0 Å². The Morgan fingerprint density at radius 3 is 2.97 bits per heavy atom. The minimum atomic E-state index is 0.0526. The van der Waals surface area contributed by atoms with Crippen molar-refractivity contribution in [2.75, 3.05) is 32.5 Å². The van der Waals surface area contributed by atoms with Crippen LogP contribution in [0.5, 0.6) is 5.75 Å². The average Bonchev–Trinajstić information content (AvgIpc) is 3.30. The third kappa shape index (κ3) is 6.12. The van der Waals surface area contributed by atoms with Gasteiger partial charge in [0.05, 0.1) is 17.0 Å². The first kappa shape index (κ1) is 26.1. The minimum absolute atomic E-state index is 0.0526. The number of halogens is 1. The molecule has 0 aliphatic carbocycles. The van der Waals surface area contributed by atoms with Crippen molar-refractivity contribution in [1.82, 2.24) is 24.8 Å². The quantitative estimate of drug-likeness (QED) is 0.278. The molecule has 1 aliphatic rings. The zero-order valence-electron chi connectivity index (χ0n) is 21.4. The summed E-state index contributed by atoms with van der Waals surface area (Å²) in [5, 5.41) is 4.92. The second-order valence-electron chi connectivity index (χ2n) is 9.33. The molecule has 0 atom stereocenters. The Labute approximate surface area is 230 Å². The Kier molecular flexibility index (Phi) is 8.17. The molecule has 1 aromatic carbocycles. The van der Waals surface area contributed by atoms with Crippen LogP contribution >= 0.6 is 22.9 Å². The van der Waals surface area contributed by atoms with Gasteiger partial charge in [-0.2, -0.15) is 0 Å². The van der Waals surface area contributed by atoms with E-state index in [1.807, 2.05) is 55.4 Å². The predicted octanol–water partition coefficient (Wildman–Crippen LogP) is 5.45. The van der Waals surface area contributed by atoms with Crippen LogP contribution in [-0.2, 0) is 24.4 Å². The van der Waals surface area contributed by atoms with Gasteiger partial charge in [0.1, 0.15) is 29.3 Å². The van der Waals surface area contributed by atoms with Crippen LogP contribution in [0.1, 0.15) is 22.4 Å². The topological polar surface area (TPSA) is 83.5 Å². The van der Waals surface area contributed by atoms with Crippen LogP contribution in [0.4, 0.5) is 11.5 Å². The Morgan fingerprint density at radius 1 is 1.29 bits per heavy atom. The van der Waals surface area contributed by atoms with E-state index in [9.17, 15) is 4.79 Å². The molecule has 5 rings (SSSR count). The zero-order valence-corrected chi connectivity index (χ0v) is 22.9. The summed E-state index contributed by atoms with van der Waals surface area (Å²) in [6.45, 7) is 2.56. The number of hydrogen-bond acceptors (Lipinski definition) is 8. The molecule has 4 heterocycles. The third-order valence-electron chi connectivity index (χ3n) is 6.26. The van der Waals surface area contributed by atoms with Crippen molar-refractivity contribution in [2.45, 2.75) is 26.0 Å². The second kappa shape index (κ2) is 11.9. The maximum Gasteiger partial charge on any atom is 0.246 e. The van der Waals surface area contributed by atoms with E-state index in [0.717, 1.165) is 51.5 Å². The normalized spacial score (nSPS) is 13.3. The van der Waals surface area contributed by atoms with Crippen LogP contribution in [0.15, 0.2) is 61.2 Å². The number of carbonyl (C=O) groups is 1. The summed E-state index contributed by atoms with van der Waals surface area (Å²) in [5.41, 5.74) is 2.98. The molecule has 0 spiro atoms. The van der Waals surface area contributed by atoms with Gasteiger partial charge in [0.25, 0.3) is 0 Å². The fraction of sp³-hybridized carbons (Fsp3) is 0.286. The molecule has 1 amide bonds. The maximum atomic E-state index is 12.7. The fourth-order valence-corrected chi connectivity index (χ4v) is 5.75. The van der Waals surface area contributed by atoms with Crippen molar-refractivity contribution in [1.29, 1.82) is 0 Å². The van der Waals surface area contributed by atoms with E-state index in [-0.39, 0.29) is 5.91 Å². The molecule has 0 saturated carbocycles. The number of fused-ring (bicyclic) bond motifs is 3. The van der Waals surface area contributed by atoms with Crippen molar-refractivity contribution in [2.24, 2.45) is 0 Å². The molecular formula is C28H29ClN6O2S. The van der Waals surface area contributed by atoms with E-state index in [4.69, 9.17) is 16.3 Å². The van der Waals surface area contributed by atoms with Gasteiger partial charge in [-0.15, -0.1) is 11.3 Å². The Hall–Kier alpha value is -3.53. The van der Waals surface area contributed by atoms with Crippen molar-refractivity contribution < 1.29 is 9.53 Å². The number of nitrogens with one attached hydrogen (secondary N) is 1. The second-order valence-corrected chi connectivity index (χ2v) is 10.8. The lowest BCUT2D eigenvalue weighted by Crippen LogP contribution is -2.34. The molecule has 1 N–H and O–H groups in total. The highest BCUT2D eigenvalue weighted by Gasteiger charge is 2.25. The highest BCUT2D eigenvalue weighted by molar-refractivity contribution is 7.19. The summed E-state index contributed by atoms with van der Waals surface area (Å²) in [5.74, 6) is 1.38. The summed E-state index contributed by atoms with van der Waals surface area (Å²) in [6, 6.07) is 9.42. The molecule has 1 aliphatic heterocycles. The van der Waals surface area contributed by atoms with Crippen LogP contribution in [0.2, 0.25) is 5.02 Å². The smallest absolute Gasteiger partial charge is 0.246 e. The van der Waals surface area contributed by atoms with Crippen molar-refractivity contribution in [3.8, 4) is 5.75 Å². The van der Waals surface area contributed by atoms with E-state index in [0.29, 0.717) is 30.5 Å². The van der Waals surface area contributed by atoms with Crippen LogP contribution in [0, 0.1) is 0 Å². The van der Waals surface area contributed by atoms with Gasteiger partial charge in [0.2, 0.25) is 5.91 Å². The van der Waals surface area contributed by atoms with E-state index in [1.165, 1.54) is 5.56 Å². The monoisotopic (exact) mass is 548 g/mol. The molecule has 8 nitrogen and oxygen atoms in total. The number of pyridine rings is 1. The molecule has 4 aromatic rings. The molecule has 10 heteroatoms. The van der Waals surface area contributed by atoms with Crippen LogP contribution in [0.3, 0.4) is 0 Å². The number of benzene rings is 1. The lowest BCUT2D eigenvalue weighted by Gasteiger charge is -2.26. The van der Waals surface area contributed by atoms with Crippen molar-refractivity contribution in [3.05, 3.63) is 82.2 Å². The first-order valence-corrected chi connectivity index (χ1v) is 13.6.